The summed E-state index contributed by atoms with van der Waals surface area (Å²) >= 11 is 0. The van der Waals surface area contributed by atoms with E-state index in [1.165, 1.54) is 19.5 Å². The van der Waals surface area contributed by atoms with E-state index in [1.807, 2.05) is 0 Å². The lowest BCUT2D eigenvalue weighted by Gasteiger charge is -1.87. The maximum Gasteiger partial charge on any atom is 0.414 e. The van der Waals surface area contributed by atoms with Crippen LogP contribution in [0.15, 0.2) is 0 Å². The fourth-order valence-corrected chi connectivity index (χ4v) is 1.26. The maximum atomic E-state index is 9.10. The van der Waals surface area contributed by atoms with Gasteiger partial charge in [-0.25, -0.2) is 9.59 Å². The molecule has 1 aliphatic carbocycles. The third-order valence-corrected chi connectivity index (χ3v) is 2.07. The standard InChI is InChI=1S/C5H9N.C2H2O4/c1-4-2-6-3-5(1)4;3-1(4)2(5)6/h4-6H,1-3H2;(H,3,4)(H,5,6). The van der Waals surface area contributed by atoms with E-state index >= 15 is 0 Å². The van der Waals surface area contributed by atoms with E-state index in [0.29, 0.717) is 0 Å². The number of rotatable bonds is 0. The van der Waals surface area contributed by atoms with Crippen molar-refractivity contribution in [2.45, 2.75) is 6.42 Å². The zero-order valence-electron chi connectivity index (χ0n) is 6.49. The van der Waals surface area contributed by atoms with Gasteiger partial charge in [0.2, 0.25) is 0 Å². The average molecular weight is 173 g/mol. The first-order chi connectivity index (χ1) is 5.61. The van der Waals surface area contributed by atoms with Gasteiger partial charge in [0, 0.05) is 0 Å². The largest absolute Gasteiger partial charge is 0.473 e. The normalized spacial score (nSPS) is 29.7. The van der Waals surface area contributed by atoms with Crippen molar-refractivity contribution in [3.05, 3.63) is 0 Å². The molecule has 1 aliphatic heterocycles. The summed E-state index contributed by atoms with van der Waals surface area (Å²) < 4.78 is 0. The second-order valence-electron chi connectivity index (χ2n) is 3.02. The molecule has 5 nitrogen and oxygen atoms in total. The zero-order valence-corrected chi connectivity index (χ0v) is 6.49. The predicted octanol–water partition coefficient (Wildman–Crippen LogP) is -0.619. The lowest BCUT2D eigenvalue weighted by atomic mass is 10.4. The molecule has 0 radical (unpaired) electrons. The summed E-state index contributed by atoms with van der Waals surface area (Å²) in [7, 11) is 0. The SMILES string of the molecule is C1NCC2CC12.O=C(O)C(=O)O. The van der Waals surface area contributed by atoms with Gasteiger partial charge in [-0.1, -0.05) is 0 Å². The topological polar surface area (TPSA) is 86.6 Å². The number of nitrogens with one attached hydrogen (secondary N) is 1. The number of carbonyl (C=O) groups is 2. The van der Waals surface area contributed by atoms with Crippen molar-refractivity contribution in [2.75, 3.05) is 13.1 Å². The molecule has 0 bridgehead atoms. The molecule has 1 heterocycles. The van der Waals surface area contributed by atoms with Gasteiger partial charge < -0.3 is 15.5 Å². The lowest BCUT2D eigenvalue weighted by Crippen LogP contribution is -2.10. The van der Waals surface area contributed by atoms with Crippen LogP contribution in [-0.4, -0.2) is 35.2 Å². The Labute approximate surface area is 69.4 Å². The first-order valence-corrected chi connectivity index (χ1v) is 3.78. The van der Waals surface area contributed by atoms with Gasteiger partial charge in [0.15, 0.2) is 0 Å². The molecule has 0 aromatic heterocycles. The third kappa shape index (κ3) is 2.50. The first-order valence-electron chi connectivity index (χ1n) is 3.78. The number of carboxylic acids is 2. The summed E-state index contributed by atoms with van der Waals surface area (Å²) in [5.41, 5.74) is 0. The molecule has 1 saturated heterocycles. The van der Waals surface area contributed by atoms with E-state index in [0.717, 1.165) is 11.8 Å². The fourth-order valence-electron chi connectivity index (χ4n) is 1.26. The van der Waals surface area contributed by atoms with Crippen molar-refractivity contribution in [2.24, 2.45) is 11.8 Å². The third-order valence-electron chi connectivity index (χ3n) is 2.07. The maximum absolute atomic E-state index is 9.10. The molecule has 0 spiro atoms. The second-order valence-corrected chi connectivity index (χ2v) is 3.02. The van der Waals surface area contributed by atoms with Crippen LogP contribution < -0.4 is 5.32 Å². The molecule has 0 amide bonds. The van der Waals surface area contributed by atoms with E-state index in [-0.39, 0.29) is 0 Å². The van der Waals surface area contributed by atoms with E-state index in [9.17, 15) is 0 Å². The van der Waals surface area contributed by atoms with Gasteiger partial charge in [-0.3, -0.25) is 0 Å². The molecule has 1 saturated carbocycles. The fraction of sp³-hybridized carbons (Fsp3) is 0.714. The molecule has 2 fully saturated rings. The Bertz CT molecular complexity index is 184. The van der Waals surface area contributed by atoms with E-state index in [1.54, 1.807) is 0 Å². The van der Waals surface area contributed by atoms with Crippen LogP contribution in [0.2, 0.25) is 0 Å². The predicted molar refractivity (Wildman–Crippen MR) is 39.7 cm³/mol. The molecule has 2 aliphatic rings. The molecule has 12 heavy (non-hydrogen) atoms. The smallest absolute Gasteiger partial charge is 0.414 e. The van der Waals surface area contributed by atoms with Crippen molar-refractivity contribution >= 4 is 11.9 Å². The first kappa shape index (κ1) is 8.99. The highest BCUT2D eigenvalue weighted by molar-refractivity contribution is 6.27. The Balaban J connectivity index is 0.000000120. The second kappa shape index (κ2) is 3.53. The van der Waals surface area contributed by atoms with Crippen LogP contribution in [0.1, 0.15) is 6.42 Å². The highest BCUT2D eigenvalue weighted by Gasteiger charge is 2.40. The summed E-state index contributed by atoms with van der Waals surface area (Å²) in [4.78, 5) is 18.2. The average Bonchev–Trinajstić information content (AvgIpc) is 2.60. The van der Waals surface area contributed by atoms with Crippen molar-refractivity contribution in [3.63, 3.8) is 0 Å². The minimum Gasteiger partial charge on any atom is -0.473 e. The highest BCUT2D eigenvalue weighted by atomic mass is 16.4. The summed E-state index contributed by atoms with van der Waals surface area (Å²) in [5, 5.41) is 18.1. The molecule has 68 valence electrons. The van der Waals surface area contributed by atoms with Crippen LogP contribution in [0.3, 0.4) is 0 Å². The van der Waals surface area contributed by atoms with Crippen molar-refractivity contribution in [3.8, 4) is 0 Å². The van der Waals surface area contributed by atoms with E-state index in [4.69, 9.17) is 19.8 Å². The highest BCUT2D eigenvalue weighted by Crippen LogP contribution is 2.40. The van der Waals surface area contributed by atoms with Crippen LogP contribution >= 0.6 is 0 Å². The summed E-state index contributed by atoms with van der Waals surface area (Å²) in [6, 6.07) is 0. The molecular formula is C7H11NO4. The van der Waals surface area contributed by atoms with Crippen LogP contribution in [-0.2, 0) is 9.59 Å². The van der Waals surface area contributed by atoms with Gasteiger partial charge in [-0.15, -0.1) is 0 Å². The van der Waals surface area contributed by atoms with Gasteiger partial charge in [0.25, 0.3) is 0 Å². The van der Waals surface area contributed by atoms with Crippen molar-refractivity contribution in [1.82, 2.24) is 5.32 Å². The minimum absolute atomic E-state index is 1.10. The number of fused-ring (bicyclic) bond motifs is 1. The monoisotopic (exact) mass is 173 g/mol. The molecule has 2 unspecified atom stereocenters. The summed E-state index contributed by atoms with van der Waals surface area (Å²) in [6.45, 7) is 2.62. The zero-order chi connectivity index (χ0) is 9.14. The van der Waals surface area contributed by atoms with Crippen molar-refractivity contribution in [1.29, 1.82) is 0 Å². The van der Waals surface area contributed by atoms with Crippen LogP contribution in [0.25, 0.3) is 0 Å². The Hall–Kier alpha value is -1.10. The van der Waals surface area contributed by atoms with E-state index < -0.39 is 11.9 Å². The number of hydrogen-bond donors (Lipinski definition) is 3. The van der Waals surface area contributed by atoms with Gasteiger partial charge in [-0.2, -0.15) is 0 Å². The molecule has 2 rings (SSSR count). The van der Waals surface area contributed by atoms with Gasteiger partial charge in [0.05, 0.1) is 0 Å². The van der Waals surface area contributed by atoms with Gasteiger partial charge in [-0.05, 0) is 31.3 Å². The van der Waals surface area contributed by atoms with Crippen molar-refractivity contribution < 1.29 is 19.8 Å². The van der Waals surface area contributed by atoms with Crippen LogP contribution in [0, 0.1) is 11.8 Å². The molecule has 0 aromatic carbocycles. The number of carboxylic acid groups (broad SMARTS) is 2. The van der Waals surface area contributed by atoms with Crippen LogP contribution in [0.5, 0.6) is 0 Å². The summed E-state index contributed by atoms with van der Waals surface area (Å²) in [6.07, 6.45) is 1.52. The lowest BCUT2D eigenvalue weighted by molar-refractivity contribution is -0.159. The molecular weight excluding hydrogens is 162 g/mol. The molecule has 2 atom stereocenters. The van der Waals surface area contributed by atoms with Gasteiger partial charge in [0.1, 0.15) is 0 Å². The Morgan fingerprint density at radius 1 is 1.08 bits per heavy atom. The number of hydrogen-bond acceptors (Lipinski definition) is 3. The molecule has 5 heteroatoms. The van der Waals surface area contributed by atoms with Gasteiger partial charge >= 0.3 is 11.9 Å². The Morgan fingerprint density at radius 3 is 1.58 bits per heavy atom. The Morgan fingerprint density at radius 2 is 1.50 bits per heavy atom. The summed E-state index contributed by atoms with van der Waals surface area (Å²) in [5.74, 6) is -1.44. The quantitative estimate of drug-likeness (QED) is 0.425. The molecule has 3 N–H and O–H groups in total. The molecule has 0 aromatic rings. The van der Waals surface area contributed by atoms with E-state index in [2.05, 4.69) is 5.32 Å². The minimum atomic E-state index is -1.82. The Kier molecular flexibility index (Phi) is 2.65. The van der Waals surface area contributed by atoms with Crippen LogP contribution in [0.4, 0.5) is 0 Å². The number of aliphatic carboxylic acids is 2. The number of piperidine rings is 1.